The summed E-state index contributed by atoms with van der Waals surface area (Å²) >= 11 is 1.67. The number of methoxy groups -OCH3 is 1. The molecule has 0 aliphatic rings. The summed E-state index contributed by atoms with van der Waals surface area (Å²) in [6, 6.07) is 23.8. The van der Waals surface area contributed by atoms with E-state index in [-0.39, 0.29) is 5.43 Å². The van der Waals surface area contributed by atoms with E-state index in [4.69, 9.17) is 0 Å². The van der Waals surface area contributed by atoms with E-state index in [0.29, 0.717) is 5.56 Å². The van der Waals surface area contributed by atoms with Crippen molar-refractivity contribution in [1.29, 1.82) is 0 Å². The van der Waals surface area contributed by atoms with Gasteiger partial charge in [0.15, 0.2) is 5.43 Å². The van der Waals surface area contributed by atoms with E-state index in [1.165, 1.54) is 7.11 Å². The molecule has 0 spiro atoms. The van der Waals surface area contributed by atoms with Crippen LogP contribution < -0.4 is 5.43 Å². The topological polar surface area (TPSA) is 60.4 Å². The van der Waals surface area contributed by atoms with Gasteiger partial charge in [0.1, 0.15) is 0 Å². The lowest BCUT2D eigenvalue weighted by Crippen LogP contribution is -2.15. The van der Waals surface area contributed by atoms with Crippen molar-refractivity contribution in [3.05, 3.63) is 94.6 Å². The summed E-state index contributed by atoms with van der Waals surface area (Å²) in [6.45, 7) is 0. The van der Waals surface area contributed by atoms with Crippen LogP contribution in [0.5, 0.6) is 0 Å². The van der Waals surface area contributed by atoms with Crippen LogP contribution in [0, 0.1) is 0 Å². The van der Waals surface area contributed by atoms with E-state index in [1.54, 1.807) is 41.7 Å². The molecule has 0 unspecified atom stereocenters. The molecule has 0 fully saturated rings. The number of ketones is 1. The van der Waals surface area contributed by atoms with Crippen LogP contribution in [0.15, 0.2) is 83.7 Å². The number of carbonyl (C=O) groups excluding carboxylic acids is 2. The summed E-state index contributed by atoms with van der Waals surface area (Å²) in [7, 11) is 1.18. The van der Waals surface area contributed by atoms with Crippen LogP contribution in [0.4, 0.5) is 0 Å². The zero-order valence-corrected chi connectivity index (χ0v) is 15.4. The molecule has 1 aromatic heterocycles. The minimum Gasteiger partial charge on any atom is -0.463 e. The second-order valence-corrected chi connectivity index (χ2v) is 6.69. The van der Waals surface area contributed by atoms with Crippen LogP contribution in [-0.4, -0.2) is 18.9 Å². The molecule has 4 rings (SSSR count). The normalized spacial score (nSPS) is 10.1. The van der Waals surface area contributed by atoms with Crippen LogP contribution in [0.1, 0.15) is 10.4 Å². The lowest BCUT2D eigenvalue weighted by molar-refractivity contribution is -0.135. The molecule has 4 aromatic rings. The molecule has 134 valence electrons. The standard InChI is InChI=1S/C13H8OS.C9H8O3/c14-13-9-5-1-3-7-11(9)15-12-8-4-2-6-10(12)13;1-12-9(11)8(10)7-5-3-2-4-6-7/h1-8H;2-6H,1H3. The van der Waals surface area contributed by atoms with E-state index in [9.17, 15) is 14.4 Å². The van der Waals surface area contributed by atoms with Crippen LogP contribution in [0.25, 0.3) is 20.2 Å². The molecule has 0 amide bonds. The number of rotatable bonds is 2. The van der Waals surface area contributed by atoms with E-state index < -0.39 is 11.8 Å². The smallest absolute Gasteiger partial charge is 0.379 e. The highest BCUT2D eigenvalue weighted by molar-refractivity contribution is 7.24. The molecule has 5 heteroatoms. The highest BCUT2D eigenvalue weighted by atomic mass is 32.1. The van der Waals surface area contributed by atoms with E-state index in [0.717, 1.165) is 20.2 Å². The summed E-state index contributed by atoms with van der Waals surface area (Å²) in [4.78, 5) is 33.9. The number of hydrogen-bond acceptors (Lipinski definition) is 5. The van der Waals surface area contributed by atoms with Gasteiger partial charge in [0.05, 0.1) is 7.11 Å². The summed E-state index contributed by atoms with van der Waals surface area (Å²) in [5.74, 6) is -1.45. The third-order valence-electron chi connectivity index (χ3n) is 3.89. The highest BCUT2D eigenvalue weighted by Gasteiger charge is 2.15. The zero-order chi connectivity index (χ0) is 19.2. The lowest BCUT2D eigenvalue weighted by atomic mass is 10.1. The minimum atomic E-state index is -0.832. The van der Waals surface area contributed by atoms with Crippen LogP contribution in [0.2, 0.25) is 0 Å². The highest BCUT2D eigenvalue weighted by Crippen LogP contribution is 2.23. The van der Waals surface area contributed by atoms with Crippen molar-refractivity contribution in [1.82, 2.24) is 0 Å². The van der Waals surface area contributed by atoms with Crippen molar-refractivity contribution >= 4 is 43.3 Å². The van der Waals surface area contributed by atoms with Crippen molar-refractivity contribution in [3.63, 3.8) is 0 Å². The zero-order valence-electron chi connectivity index (χ0n) is 14.5. The quantitative estimate of drug-likeness (QED) is 0.224. The Kier molecular flexibility index (Phi) is 5.74. The number of benzene rings is 3. The van der Waals surface area contributed by atoms with Gasteiger partial charge in [-0.15, -0.1) is 11.3 Å². The van der Waals surface area contributed by atoms with Crippen LogP contribution in [-0.2, 0) is 9.53 Å². The Morgan fingerprint density at radius 2 is 1.22 bits per heavy atom. The summed E-state index contributed by atoms with van der Waals surface area (Å²) in [5.41, 5.74) is 0.490. The first kappa shape index (κ1) is 18.5. The van der Waals surface area contributed by atoms with Crippen molar-refractivity contribution in [2.45, 2.75) is 0 Å². The lowest BCUT2D eigenvalue weighted by Gasteiger charge is -1.99. The van der Waals surface area contributed by atoms with Crippen molar-refractivity contribution < 1.29 is 14.3 Å². The molecule has 0 atom stereocenters. The first-order valence-corrected chi connectivity index (χ1v) is 9.01. The molecule has 0 N–H and O–H groups in total. The Morgan fingerprint density at radius 3 is 1.74 bits per heavy atom. The first-order chi connectivity index (χ1) is 13.1. The second kappa shape index (κ2) is 8.38. The Morgan fingerprint density at radius 1 is 0.741 bits per heavy atom. The maximum absolute atomic E-state index is 12.1. The Bertz CT molecular complexity index is 1110. The van der Waals surface area contributed by atoms with Gasteiger partial charge >= 0.3 is 5.97 Å². The molecule has 3 aromatic carbocycles. The van der Waals surface area contributed by atoms with Crippen molar-refractivity contribution in [2.75, 3.05) is 7.11 Å². The van der Waals surface area contributed by atoms with Gasteiger partial charge in [-0.1, -0.05) is 54.6 Å². The Hall–Kier alpha value is -3.31. The molecule has 0 saturated heterocycles. The molecule has 4 nitrogen and oxygen atoms in total. The van der Waals surface area contributed by atoms with Gasteiger partial charge in [0.25, 0.3) is 5.78 Å². The summed E-state index contributed by atoms with van der Waals surface area (Å²) in [6.07, 6.45) is 0. The fraction of sp³-hybridized carbons (Fsp3) is 0.0455. The van der Waals surface area contributed by atoms with Crippen molar-refractivity contribution in [2.24, 2.45) is 0 Å². The van der Waals surface area contributed by atoms with E-state index in [2.05, 4.69) is 4.74 Å². The monoisotopic (exact) mass is 376 g/mol. The maximum atomic E-state index is 12.1. The third-order valence-corrected chi connectivity index (χ3v) is 5.04. The number of fused-ring (bicyclic) bond motifs is 2. The fourth-order valence-electron chi connectivity index (χ4n) is 2.55. The predicted octanol–water partition coefficient (Wildman–Crippen LogP) is 4.46. The van der Waals surface area contributed by atoms with Gasteiger partial charge in [0, 0.05) is 25.7 Å². The largest absolute Gasteiger partial charge is 0.463 e. The van der Waals surface area contributed by atoms with Crippen molar-refractivity contribution in [3.8, 4) is 0 Å². The van der Waals surface area contributed by atoms with Gasteiger partial charge in [-0.2, -0.15) is 0 Å². The van der Waals surface area contributed by atoms with Gasteiger partial charge in [0.2, 0.25) is 0 Å². The van der Waals surface area contributed by atoms with E-state index >= 15 is 0 Å². The molecule has 1 heterocycles. The number of carbonyl (C=O) groups is 2. The molecule has 0 aliphatic heterocycles. The molecule has 0 aliphatic carbocycles. The Balaban J connectivity index is 0.000000161. The van der Waals surface area contributed by atoms with Crippen LogP contribution >= 0.6 is 11.3 Å². The number of Topliss-reactive ketones (excluding diaryl/α,β-unsaturated/α-hetero) is 1. The SMILES string of the molecule is COC(=O)C(=O)c1ccccc1.O=c1c2ccccc2sc2ccccc12. The number of hydrogen-bond donors (Lipinski definition) is 0. The average molecular weight is 376 g/mol. The first-order valence-electron chi connectivity index (χ1n) is 8.20. The molecule has 27 heavy (non-hydrogen) atoms. The molecule has 0 radical (unpaired) electrons. The summed E-state index contributed by atoms with van der Waals surface area (Å²) < 4.78 is 6.39. The Labute approximate surface area is 159 Å². The van der Waals surface area contributed by atoms with Gasteiger partial charge in [-0.05, 0) is 24.3 Å². The minimum absolute atomic E-state index is 0.139. The molecule has 0 saturated carbocycles. The van der Waals surface area contributed by atoms with Crippen LogP contribution in [0.3, 0.4) is 0 Å². The number of ether oxygens (including phenoxy) is 1. The maximum Gasteiger partial charge on any atom is 0.379 e. The predicted molar refractivity (Wildman–Crippen MR) is 108 cm³/mol. The number of esters is 1. The molecular weight excluding hydrogens is 360 g/mol. The fourth-order valence-corrected chi connectivity index (χ4v) is 3.62. The molecule has 0 bridgehead atoms. The summed E-state index contributed by atoms with van der Waals surface area (Å²) in [5, 5.41) is 1.64. The van der Waals surface area contributed by atoms with Gasteiger partial charge in [-0.3, -0.25) is 9.59 Å². The van der Waals surface area contributed by atoms with E-state index in [1.807, 2.05) is 48.5 Å². The second-order valence-electron chi connectivity index (χ2n) is 5.61. The molecular formula is C22H16O4S. The third kappa shape index (κ3) is 4.10. The van der Waals surface area contributed by atoms with Gasteiger partial charge < -0.3 is 4.74 Å². The van der Waals surface area contributed by atoms with Gasteiger partial charge in [-0.25, -0.2) is 4.79 Å². The average Bonchev–Trinajstić information content (AvgIpc) is 2.74.